The molecular weight excluding hydrogens is 248 g/mol. The predicted octanol–water partition coefficient (Wildman–Crippen LogP) is 4.57. The maximum Gasteiger partial charge on any atom is 0.226 e. The van der Waals surface area contributed by atoms with Crippen LogP contribution in [0.15, 0.2) is 0 Å². The van der Waals surface area contributed by atoms with E-state index in [0.717, 1.165) is 32.1 Å². The number of nitrogens with zero attached hydrogens (tertiary/aromatic N) is 1. The highest BCUT2D eigenvalue weighted by molar-refractivity contribution is 5.82. The van der Waals surface area contributed by atoms with Crippen LogP contribution in [0.25, 0.3) is 0 Å². The van der Waals surface area contributed by atoms with E-state index >= 15 is 0 Å². The Morgan fingerprint density at radius 3 is 2.20 bits per heavy atom. The molecule has 116 valence electrons. The molecule has 0 spiro atoms. The fourth-order valence-corrected chi connectivity index (χ4v) is 2.44. The predicted molar refractivity (Wildman–Crippen MR) is 84.2 cm³/mol. The lowest BCUT2D eigenvalue weighted by Gasteiger charge is -2.29. The molecule has 1 amide bonds. The van der Waals surface area contributed by atoms with E-state index in [1.165, 1.54) is 25.7 Å². The van der Waals surface area contributed by atoms with Crippen molar-refractivity contribution in [2.75, 3.05) is 0 Å². The minimum Gasteiger partial charge on any atom is -0.340 e. The smallest absolute Gasteiger partial charge is 0.226 e. The van der Waals surface area contributed by atoms with Gasteiger partial charge < -0.3 is 5.32 Å². The summed E-state index contributed by atoms with van der Waals surface area (Å²) >= 11 is 0. The molecule has 3 heteroatoms. The molecule has 0 aromatic rings. The first kappa shape index (κ1) is 19.0. The van der Waals surface area contributed by atoms with E-state index in [1.807, 2.05) is 0 Å². The van der Waals surface area contributed by atoms with Crippen LogP contribution in [0, 0.1) is 16.7 Å². The van der Waals surface area contributed by atoms with Crippen molar-refractivity contribution in [1.29, 1.82) is 5.26 Å². The van der Waals surface area contributed by atoms with Crippen LogP contribution in [0.3, 0.4) is 0 Å². The lowest BCUT2D eigenvalue weighted by molar-refractivity contribution is -0.131. The monoisotopic (exact) mass is 280 g/mol. The quantitative estimate of drug-likeness (QED) is 0.563. The zero-order chi connectivity index (χ0) is 15.4. The van der Waals surface area contributed by atoms with Gasteiger partial charge in [0.15, 0.2) is 0 Å². The van der Waals surface area contributed by atoms with Crippen molar-refractivity contribution >= 4 is 5.91 Å². The van der Waals surface area contributed by atoms with Gasteiger partial charge in [-0.25, -0.2) is 0 Å². The molecule has 2 atom stereocenters. The van der Waals surface area contributed by atoms with Crippen LogP contribution in [-0.4, -0.2) is 11.9 Å². The van der Waals surface area contributed by atoms with E-state index in [-0.39, 0.29) is 11.3 Å². The van der Waals surface area contributed by atoms with Crippen molar-refractivity contribution in [3.8, 4) is 6.07 Å². The number of rotatable bonds is 11. The van der Waals surface area contributed by atoms with Crippen molar-refractivity contribution in [1.82, 2.24) is 5.32 Å². The van der Waals surface area contributed by atoms with Crippen molar-refractivity contribution in [2.45, 2.75) is 91.5 Å². The van der Waals surface area contributed by atoms with Gasteiger partial charge in [-0.3, -0.25) is 4.79 Å². The van der Waals surface area contributed by atoms with Crippen LogP contribution < -0.4 is 5.32 Å². The summed E-state index contributed by atoms with van der Waals surface area (Å²) in [6, 6.07) is 1.68. The molecule has 1 N–H and O–H groups in total. The Balaban J connectivity index is 4.41. The second-order valence-corrected chi connectivity index (χ2v) is 6.15. The Labute approximate surface area is 125 Å². The average molecular weight is 280 g/mol. The molecule has 0 heterocycles. The molecule has 0 aromatic heterocycles. The number of unbranched alkanes of at least 4 members (excludes halogenated alkanes) is 5. The third-order valence-corrected chi connectivity index (χ3v) is 4.00. The summed E-state index contributed by atoms with van der Waals surface area (Å²) in [4.78, 5) is 12.4. The Kier molecular flexibility index (Phi) is 10.2. The Morgan fingerprint density at radius 2 is 1.65 bits per heavy atom. The molecule has 0 saturated carbocycles. The van der Waals surface area contributed by atoms with Gasteiger partial charge in [-0.05, 0) is 19.8 Å². The molecule has 0 aliphatic carbocycles. The van der Waals surface area contributed by atoms with Gasteiger partial charge in [-0.2, -0.15) is 5.26 Å². The standard InChI is InChI=1S/C17H32N2O/c1-5-7-9-10-11-13-17(4,12-8-6-2)16(20)19-15(3)14-18/h15H,5-13H2,1-4H3,(H,19,20)/t15-,17?/m0/s1. The summed E-state index contributed by atoms with van der Waals surface area (Å²) in [7, 11) is 0. The van der Waals surface area contributed by atoms with Crippen molar-refractivity contribution < 1.29 is 4.79 Å². The molecule has 3 nitrogen and oxygen atoms in total. The van der Waals surface area contributed by atoms with Gasteiger partial charge in [0, 0.05) is 5.41 Å². The SMILES string of the molecule is CCCCCCCC(C)(CCCC)C(=O)N[C@@H](C)C#N. The molecule has 0 fully saturated rings. The van der Waals surface area contributed by atoms with Crippen LogP contribution in [-0.2, 0) is 4.79 Å². The number of carbonyl (C=O) groups excluding carboxylic acids is 1. The minimum atomic E-state index is -0.399. The maximum atomic E-state index is 12.4. The van der Waals surface area contributed by atoms with Crippen LogP contribution in [0.5, 0.6) is 0 Å². The number of amides is 1. The van der Waals surface area contributed by atoms with E-state index in [9.17, 15) is 4.79 Å². The highest BCUT2D eigenvalue weighted by atomic mass is 16.2. The zero-order valence-corrected chi connectivity index (χ0v) is 13.8. The molecule has 0 rings (SSSR count). The van der Waals surface area contributed by atoms with Gasteiger partial charge in [-0.15, -0.1) is 0 Å². The average Bonchev–Trinajstić information content (AvgIpc) is 2.44. The van der Waals surface area contributed by atoms with E-state index < -0.39 is 6.04 Å². The van der Waals surface area contributed by atoms with Gasteiger partial charge in [0.1, 0.15) is 6.04 Å². The summed E-state index contributed by atoms with van der Waals surface area (Å²) in [6.07, 6.45) is 10.1. The first-order valence-electron chi connectivity index (χ1n) is 8.20. The summed E-state index contributed by atoms with van der Waals surface area (Å²) in [5.41, 5.74) is -0.312. The zero-order valence-electron chi connectivity index (χ0n) is 13.8. The van der Waals surface area contributed by atoms with Gasteiger partial charge in [0.25, 0.3) is 0 Å². The molecule has 0 aromatic carbocycles. The Bertz CT molecular complexity index is 309. The highest BCUT2D eigenvalue weighted by Crippen LogP contribution is 2.31. The van der Waals surface area contributed by atoms with Crippen LogP contribution >= 0.6 is 0 Å². The number of hydrogen-bond acceptors (Lipinski definition) is 2. The lowest BCUT2D eigenvalue weighted by atomic mass is 9.79. The van der Waals surface area contributed by atoms with Crippen LogP contribution in [0.4, 0.5) is 0 Å². The van der Waals surface area contributed by atoms with Crippen molar-refractivity contribution in [3.63, 3.8) is 0 Å². The molecule has 20 heavy (non-hydrogen) atoms. The molecular formula is C17H32N2O. The fourth-order valence-electron chi connectivity index (χ4n) is 2.44. The number of carbonyl (C=O) groups is 1. The van der Waals surface area contributed by atoms with E-state index in [1.54, 1.807) is 6.92 Å². The summed E-state index contributed by atoms with van der Waals surface area (Å²) < 4.78 is 0. The minimum absolute atomic E-state index is 0.0514. The van der Waals surface area contributed by atoms with Gasteiger partial charge >= 0.3 is 0 Å². The largest absolute Gasteiger partial charge is 0.340 e. The first-order chi connectivity index (χ1) is 9.50. The van der Waals surface area contributed by atoms with Crippen molar-refractivity contribution in [3.05, 3.63) is 0 Å². The van der Waals surface area contributed by atoms with E-state index in [2.05, 4.69) is 32.2 Å². The maximum absolute atomic E-state index is 12.4. The molecule has 0 bridgehead atoms. The summed E-state index contributed by atoms with van der Waals surface area (Å²) in [5, 5.41) is 11.7. The Morgan fingerprint density at radius 1 is 1.10 bits per heavy atom. The second-order valence-electron chi connectivity index (χ2n) is 6.15. The first-order valence-corrected chi connectivity index (χ1v) is 8.20. The number of hydrogen-bond donors (Lipinski definition) is 1. The molecule has 0 aliphatic rings. The highest BCUT2D eigenvalue weighted by Gasteiger charge is 2.32. The lowest BCUT2D eigenvalue weighted by Crippen LogP contribution is -2.42. The second kappa shape index (κ2) is 10.7. The number of nitriles is 1. The van der Waals surface area contributed by atoms with E-state index in [4.69, 9.17) is 5.26 Å². The summed E-state index contributed by atoms with van der Waals surface area (Å²) in [6.45, 7) is 8.15. The molecule has 0 radical (unpaired) electrons. The van der Waals surface area contributed by atoms with Gasteiger partial charge in [-0.1, -0.05) is 65.7 Å². The third kappa shape index (κ3) is 7.53. The van der Waals surface area contributed by atoms with Crippen LogP contribution in [0.2, 0.25) is 0 Å². The van der Waals surface area contributed by atoms with Gasteiger partial charge in [0.05, 0.1) is 6.07 Å². The molecule has 0 aliphatic heterocycles. The summed E-state index contributed by atoms with van der Waals surface area (Å²) in [5.74, 6) is 0.0514. The fraction of sp³-hybridized carbons (Fsp3) is 0.882. The third-order valence-electron chi connectivity index (χ3n) is 4.00. The number of nitrogens with one attached hydrogen (secondary N) is 1. The normalized spacial score (nSPS) is 15.2. The van der Waals surface area contributed by atoms with Crippen LogP contribution in [0.1, 0.15) is 85.5 Å². The van der Waals surface area contributed by atoms with Crippen molar-refractivity contribution in [2.24, 2.45) is 5.41 Å². The Hall–Kier alpha value is -1.04. The molecule has 0 saturated heterocycles. The van der Waals surface area contributed by atoms with E-state index in [0.29, 0.717) is 0 Å². The van der Waals surface area contributed by atoms with Gasteiger partial charge in [0.2, 0.25) is 5.91 Å². The topological polar surface area (TPSA) is 52.9 Å². The molecule has 1 unspecified atom stereocenters.